The van der Waals surface area contributed by atoms with Crippen LogP contribution in [0.25, 0.3) is 0 Å². The van der Waals surface area contributed by atoms with Crippen LogP contribution in [-0.4, -0.2) is 41.3 Å². The van der Waals surface area contributed by atoms with Gasteiger partial charge in [0, 0.05) is 12.5 Å². The lowest BCUT2D eigenvalue weighted by atomic mass is 9.67. The maximum absolute atomic E-state index is 13.4. The highest BCUT2D eigenvalue weighted by Crippen LogP contribution is 2.61. The third-order valence-electron chi connectivity index (χ3n) is 6.61. The first-order valence-electron chi connectivity index (χ1n) is 10.4. The molecule has 5 atom stereocenters. The van der Waals surface area contributed by atoms with Gasteiger partial charge >= 0.3 is 12.3 Å². The number of rotatable bonds is 3. The standard InChI is InChI=1S/C22H22F3N3O5/c1-10(2)27-19(31)32-14-8-20(3)15-16(21(14,4)33-20)18(30)28(17(15)29)12-6-5-11(9-26)13(7-12)22(23,24)25/h5-7,10,14-16H,8H2,1-4H3,(H,27,31)/t14-,15-,16+,20-,21+/m1/s1. The smallest absolute Gasteiger partial charge is 0.417 e. The van der Waals surface area contributed by atoms with Crippen molar-refractivity contribution >= 4 is 23.6 Å². The number of benzene rings is 1. The number of hydrogen-bond donors (Lipinski definition) is 1. The van der Waals surface area contributed by atoms with Crippen LogP contribution < -0.4 is 10.2 Å². The molecule has 3 aliphatic rings. The molecule has 1 N–H and O–H groups in total. The van der Waals surface area contributed by atoms with Crippen LogP contribution in [0.15, 0.2) is 18.2 Å². The van der Waals surface area contributed by atoms with Crippen molar-refractivity contribution in [1.29, 1.82) is 5.26 Å². The minimum atomic E-state index is -4.84. The summed E-state index contributed by atoms with van der Waals surface area (Å²) in [6.45, 7) is 6.71. The van der Waals surface area contributed by atoms with Crippen LogP contribution in [0, 0.1) is 23.2 Å². The molecule has 33 heavy (non-hydrogen) atoms. The molecular weight excluding hydrogens is 443 g/mol. The van der Waals surface area contributed by atoms with E-state index in [9.17, 15) is 27.6 Å². The number of fused-ring (bicyclic) bond motifs is 5. The highest BCUT2D eigenvalue weighted by atomic mass is 19.4. The Labute approximate surface area is 187 Å². The summed E-state index contributed by atoms with van der Waals surface area (Å²) in [4.78, 5) is 39.6. The van der Waals surface area contributed by atoms with Gasteiger partial charge in [-0.3, -0.25) is 9.59 Å². The van der Waals surface area contributed by atoms with Crippen molar-refractivity contribution in [3.63, 3.8) is 0 Å². The molecule has 3 aliphatic heterocycles. The molecule has 176 valence electrons. The van der Waals surface area contributed by atoms with E-state index in [1.807, 2.05) is 0 Å². The average Bonchev–Trinajstić information content (AvgIpc) is 3.21. The molecule has 11 heteroatoms. The van der Waals surface area contributed by atoms with Crippen molar-refractivity contribution < 1.29 is 37.0 Å². The van der Waals surface area contributed by atoms with Crippen LogP contribution in [0.5, 0.6) is 0 Å². The first-order valence-corrected chi connectivity index (χ1v) is 10.4. The average molecular weight is 465 g/mol. The Balaban J connectivity index is 1.70. The molecule has 8 nitrogen and oxygen atoms in total. The molecular formula is C22H22F3N3O5. The summed E-state index contributed by atoms with van der Waals surface area (Å²) in [5, 5.41) is 11.6. The number of imide groups is 1. The second kappa shape index (κ2) is 7.18. The topological polar surface area (TPSA) is 109 Å². The highest BCUT2D eigenvalue weighted by molar-refractivity contribution is 6.23. The van der Waals surface area contributed by atoms with Crippen LogP contribution >= 0.6 is 0 Å². The molecule has 4 rings (SSSR count). The molecule has 0 saturated carbocycles. The zero-order valence-electron chi connectivity index (χ0n) is 18.3. The fourth-order valence-electron chi connectivity index (χ4n) is 5.31. The largest absolute Gasteiger partial charge is 0.443 e. The Bertz CT molecular complexity index is 1100. The number of hydrogen-bond acceptors (Lipinski definition) is 6. The van der Waals surface area contributed by atoms with E-state index in [0.29, 0.717) is 6.07 Å². The number of carbonyl (C=O) groups is 3. The van der Waals surface area contributed by atoms with E-state index < -0.39 is 64.4 Å². The third-order valence-corrected chi connectivity index (χ3v) is 6.61. The molecule has 0 aliphatic carbocycles. The number of anilines is 1. The van der Waals surface area contributed by atoms with Crippen LogP contribution in [0.1, 0.15) is 45.2 Å². The molecule has 3 saturated heterocycles. The molecule has 0 unspecified atom stereocenters. The summed E-state index contributed by atoms with van der Waals surface area (Å²) in [5.41, 5.74) is -4.58. The van der Waals surface area contributed by atoms with Gasteiger partial charge in [0.1, 0.15) is 11.7 Å². The molecule has 2 bridgehead atoms. The van der Waals surface area contributed by atoms with Gasteiger partial charge in [-0.25, -0.2) is 9.69 Å². The number of nitrogens with zero attached hydrogens (tertiary/aromatic N) is 2. The van der Waals surface area contributed by atoms with E-state index in [1.165, 1.54) is 6.07 Å². The first-order chi connectivity index (χ1) is 15.2. The molecule has 0 spiro atoms. The SMILES string of the molecule is CC(C)NC(=O)O[C@@H]1C[C@@]2(C)O[C@]1(C)[C@@H]1C(=O)N(c3ccc(C#N)c(C(F)(F)F)c3)C(=O)[C@@H]12. The predicted octanol–water partition coefficient (Wildman–Crippen LogP) is 3.14. The van der Waals surface area contributed by atoms with E-state index in [4.69, 9.17) is 14.7 Å². The van der Waals surface area contributed by atoms with Crippen LogP contribution in [0.3, 0.4) is 0 Å². The lowest BCUT2D eigenvalue weighted by Gasteiger charge is -2.34. The highest BCUT2D eigenvalue weighted by Gasteiger charge is 2.77. The Morgan fingerprint density at radius 2 is 1.91 bits per heavy atom. The maximum atomic E-state index is 13.4. The van der Waals surface area contributed by atoms with Crippen molar-refractivity contribution in [1.82, 2.24) is 5.32 Å². The van der Waals surface area contributed by atoms with E-state index in [2.05, 4.69) is 5.32 Å². The summed E-state index contributed by atoms with van der Waals surface area (Å²) in [7, 11) is 0. The number of ether oxygens (including phenoxy) is 2. The van der Waals surface area contributed by atoms with Gasteiger partial charge in [0.25, 0.3) is 0 Å². The number of amides is 3. The summed E-state index contributed by atoms with van der Waals surface area (Å²) in [5.74, 6) is -3.38. The van der Waals surface area contributed by atoms with Gasteiger partial charge in [-0.2, -0.15) is 18.4 Å². The number of carbonyl (C=O) groups excluding carboxylic acids is 3. The van der Waals surface area contributed by atoms with Gasteiger partial charge in [0.2, 0.25) is 11.8 Å². The van der Waals surface area contributed by atoms with Gasteiger partial charge in [0.15, 0.2) is 0 Å². The van der Waals surface area contributed by atoms with Gasteiger partial charge in [0.05, 0.1) is 40.3 Å². The van der Waals surface area contributed by atoms with Crippen molar-refractivity contribution in [2.24, 2.45) is 11.8 Å². The van der Waals surface area contributed by atoms with Gasteiger partial charge in [-0.1, -0.05) is 0 Å². The van der Waals surface area contributed by atoms with Gasteiger partial charge in [-0.15, -0.1) is 0 Å². The molecule has 3 fully saturated rings. The molecule has 0 aromatic heterocycles. The van der Waals surface area contributed by atoms with Crippen molar-refractivity contribution in [3.8, 4) is 6.07 Å². The number of nitrogens with one attached hydrogen (secondary N) is 1. The predicted molar refractivity (Wildman–Crippen MR) is 107 cm³/mol. The minimum absolute atomic E-state index is 0.157. The number of halogens is 3. The molecule has 3 heterocycles. The van der Waals surface area contributed by atoms with E-state index in [-0.39, 0.29) is 18.2 Å². The van der Waals surface area contributed by atoms with Crippen LogP contribution in [0.4, 0.5) is 23.7 Å². The van der Waals surface area contributed by atoms with E-state index >= 15 is 0 Å². The van der Waals surface area contributed by atoms with Crippen LogP contribution in [0.2, 0.25) is 0 Å². The second-order valence-electron chi connectivity index (χ2n) is 9.30. The Kier molecular flexibility index (Phi) is 5.02. The van der Waals surface area contributed by atoms with Crippen LogP contribution in [-0.2, 0) is 25.2 Å². The van der Waals surface area contributed by atoms with E-state index in [1.54, 1.807) is 27.7 Å². The number of nitriles is 1. The lowest BCUT2D eigenvalue weighted by molar-refractivity contribution is -0.138. The van der Waals surface area contributed by atoms with Crippen molar-refractivity contribution in [2.75, 3.05) is 4.90 Å². The fourth-order valence-corrected chi connectivity index (χ4v) is 5.31. The first kappa shape index (κ1) is 23.0. The molecule has 3 amide bonds. The fraction of sp³-hybridized carbons (Fsp3) is 0.545. The lowest BCUT2D eigenvalue weighted by Crippen LogP contribution is -2.52. The quantitative estimate of drug-likeness (QED) is 0.687. The summed E-state index contributed by atoms with van der Waals surface area (Å²) < 4.78 is 51.9. The Hall–Kier alpha value is -3.13. The number of alkyl halides is 3. The van der Waals surface area contributed by atoms with Crippen molar-refractivity contribution in [3.05, 3.63) is 29.3 Å². The second-order valence-corrected chi connectivity index (χ2v) is 9.30. The molecule has 1 aromatic rings. The maximum Gasteiger partial charge on any atom is 0.417 e. The summed E-state index contributed by atoms with van der Waals surface area (Å²) in [6, 6.07) is 4.00. The molecule has 1 aromatic carbocycles. The minimum Gasteiger partial charge on any atom is -0.443 e. The molecule has 0 radical (unpaired) electrons. The van der Waals surface area contributed by atoms with Gasteiger partial charge < -0.3 is 14.8 Å². The number of alkyl carbamates (subject to hydrolysis) is 1. The monoisotopic (exact) mass is 465 g/mol. The normalized spacial score (nSPS) is 32.8. The van der Waals surface area contributed by atoms with Gasteiger partial charge in [-0.05, 0) is 45.9 Å². The Morgan fingerprint density at radius 1 is 1.27 bits per heavy atom. The van der Waals surface area contributed by atoms with Crippen molar-refractivity contribution in [2.45, 2.75) is 63.6 Å². The summed E-state index contributed by atoms with van der Waals surface area (Å²) >= 11 is 0. The third kappa shape index (κ3) is 3.35. The zero-order chi connectivity index (χ0) is 24.5. The summed E-state index contributed by atoms with van der Waals surface area (Å²) in [6.07, 6.45) is -6.20. The Morgan fingerprint density at radius 3 is 2.48 bits per heavy atom. The van der Waals surface area contributed by atoms with E-state index in [0.717, 1.165) is 17.0 Å². The zero-order valence-corrected chi connectivity index (χ0v) is 18.3.